The molecule has 4 amide bonds. The second-order valence-electron chi connectivity index (χ2n) is 5.69. The van der Waals surface area contributed by atoms with Crippen molar-refractivity contribution in [2.75, 3.05) is 6.54 Å². The van der Waals surface area contributed by atoms with Crippen LogP contribution < -0.4 is 10.6 Å². The minimum atomic E-state index is -1.13. The molecular weight excluding hydrogens is 282 g/mol. The molecule has 6 nitrogen and oxygen atoms in total. The first-order chi connectivity index (χ1) is 10.4. The number of hydrogen-bond donors (Lipinski definition) is 2. The van der Waals surface area contributed by atoms with E-state index in [1.54, 1.807) is 31.2 Å². The first-order valence-electron chi connectivity index (χ1n) is 7.37. The molecule has 1 fully saturated rings. The van der Waals surface area contributed by atoms with Crippen molar-refractivity contribution in [1.29, 1.82) is 0 Å². The average molecular weight is 303 g/mol. The Hall–Kier alpha value is -2.37. The van der Waals surface area contributed by atoms with Gasteiger partial charge in [0.2, 0.25) is 5.91 Å². The van der Waals surface area contributed by atoms with Gasteiger partial charge in [-0.15, -0.1) is 0 Å². The van der Waals surface area contributed by atoms with E-state index in [9.17, 15) is 14.4 Å². The highest BCUT2D eigenvalue weighted by Gasteiger charge is 2.49. The topological polar surface area (TPSA) is 78.5 Å². The standard InChI is InChI=1S/C16H21N3O3/c1-4-11(2)17-13(20)10-19-14(21)16(3,18-15(19)22)12-8-6-5-7-9-12/h5-9,11H,4,10H2,1-3H3,(H,17,20)(H,18,22)/t11-,16+/m0/s1. The van der Waals surface area contributed by atoms with Crippen molar-refractivity contribution in [1.82, 2.24) is 15.5 Å². The summed E-state index contributed by atoms with van der Waals surface area (Å²) in [5.41, 5.74) is -0.437. The molecular formula is C16H21N3O3. The Bertz CT molecular complexity index is 588. The summed E-state index contributed by atoms with van der Waals surface area (Å²) in [7, 11) is 0. The van der Waals surface area contributed by atoms with Crippen LogP contribution in [0.15, 0.2) is 30.3 Å². The number of carbonyl (C=O) groups is 3. The van der Waals surface area contributed by atoms with Crippen LogP contribution in [0.1, 0.15) is 32.8 Å². The zero-order valence-electron chi connectivity index (χ0n) is 13.1. The maximum absolute atomic E-state index is 12.6. The van der Waals surface area contributed by atoms with Gasteiger partial charge in [-0.05, 0) is 25.8 Å². The maximum Gasteiger partial charge on any atom is 0.325 e. The minimum absolute atomic E-state index is 0.00812. The minimum Gasteiger partial charge on any atom is -0.352 e. The number of carbonyl (C=O) groups excluding carboxylic acids is 3. The molecule has 1 aromatic carbocycles. The highest BCUT2D eigenvalue weighted by molar-refractivity contribution is 6.09. The van der Waals surface area contributed by atoms with Crippen LogP contribution in [0.3, 0.4) is 0 Å². The summed E-state index contributed by atoms with van der Waals surface area (Å²) >= 11 is 0. The molecule has 0 unspecified atom stereocenters. The third-order valence-corrected chi connectivity index (χ3v) is 3.95. The Kier molecular flexibility index (Phi) is 4.49. The number of rotatable bonds is 5. The predicted octanol–water partition coefficient (Wildman–Crippen LogP) is 1.37. The molecule has 1 saturated heterocycles. The lowest BCUT2D eigenvalue weighted by Gasteiger charge is -2.22. The number of amides is 4. The van der Waals surface area contributed by atoms with Crippen LogP contribution in [0.2, 0.25) is 0 Å². The van der Waals surface area contributed by atoms with Gasteiger partial charge in [0, 0.05) is 6.04 Å². The third kappa shape index (κ3) is 2.95. The Balaban J connectivity index is 2.14. The molecule has 2 atom stereocenters. The highest BCUT2D eigenvalue weighted by atomic mass is 16.2. The van der Waals surface area contributed by atoms with E-state index in [1.807, 2.05) is 19.9 Å². The lowest BCUT2D eigenvalue weighted by Crippen LogP contribution is -2.44. The van der Waals surface area contributed by atoms with Gasteiger partial charge < -0.3 is 10.6 Å². The van der Waals surface area contributed by atoms with Crippen molar-refractivity contribution in [3.8, 4) is 0 Å². The summed E-state index contributed by atoms with van der Waals surface area (Å²) in [4.78, 5) is 37.6. The lowest BCUT2D eigenvalue weighted by molar-refractivity contribution is -0.135. The average Bonchev–Trinajstić information content (AvgIpc) is 2.72. The van der Waals surface area contributed by atoms with Gasteiger partial charge in [-0.3, -0.25) is 14.5 Å². The normalized spacial score (nSPS) is 22.4. The zero-order chi connectivity index (χ0) is 16.3. The number of nitrogens with one attached hydrogen (secondary N) is 2. The van der Waals surface area contributed by atoms with Gasteiger partial charge >= 0.3 is 6.03 Å². The highest BCUT2D eigenvalue weighted by Crippen LogP contribution is 2.28. The number of nitrogens with zero attached hydrogens (tertiary/aromatic N) is 1. The summed E-state index contributed by atoms with van der Waals surface area (Å²) in [5.74, 6) is -0.752. The summed E-state index contributed by atoms with van der Waals surface area (Å²) in [6, 6.07) is 8.47. The van der Waals surface area contributed by atoms with E-state index in [4.69, 9.17) is 0 Å². The molecule has 22 heavy (non-hydrogen) atoms. The van der Waals surface area contributed by atoms with Crippen molar-refractivity contribution in [2.24, 2.45) is 0 Å². The number of benzene rings is 1. The quantitative estimate of drug-likeness (QED) is 0.806. The van der Waals surface area contributed by atoms with Gasteiger partial charge in [0.15, 0.2) is 0 Å². The number of hydrogen-bond acceptors (Lipinski definition) is 3. The summed E-state index contributed by atoms with van der Waals surface area (Å²) in [6.45, 7) is 5.20. The molecule has 0 aromatic heterocycles. The van der Waals surface area contributed by atoms with E-state index < -0.39 is 17.5 Å². The number of imide groups is 1. The van der Waals surface area contributed by atoms with Crippen LogP contribution in [0.25, 0.3) is 0 Å². The zero-order valence-corrected chi connectivity index (χ0v) is 13.1. The second-order valence-corrected chi connectivity index (χ2v) is 5.69. The van der Waals surface area contributed by atoms with E-state index >= 15 is 0 Å². The Morgan fingerprint density at radius 1 is 1.32 bits per heavy atom. The van der Waals surface area contributed by atoms with E-state index in [-0.39, 0.29) is 18.5 Å². The van der Waals surface area contributed by atoms with E-state index in [0.29, 0.717) is 5.56 Å². The number of urea groups is 1. The summed E-state index contributed by atoms with van der Waals surface area (Å²) < 4.78 is 0. The molecule has 1 aliphatic heterocycles. The van der Waals surface area contributed by atoms with Crippen LogP contribution in [0.5, 0.6) is 0 Å². The van der Waals surface area contributed by atoms with E-state index in [0.717, 1.165) is 11.3 Å². The Labute approximate surface area is 129 Å². The van der Waals surface area contributed by atoms with Crippen molar-refractivity contribution < 1.29 is 14.4 Å². The first kappa shape index (κ1) is 16.0. The molecule has 1 heterocycles. The predicted molar refractivity (Wildman–Crippen MR) is 81.9 cm³/mol. The smallest absolute Gasteiger partial charge is 0.325 e. The monoisotopic (exact) mass is 303 g/mol. The van der Waals surface area contributed by atoms with Crippen molar-refractivity contribution in [2.45, 2.75) is 38.8 Å². The largest absolute Gasteiger partial charge is 0.352 e. The summed E-state index contributed by atoms with van der Waals surface area (Å²) in [5, 5.41) is 5.43. The molecule has 1 aliphatic rings. The molecule has 2 rings (SSSR count). The van der Waals surface area contributed by atoms with Crippen LogP contribution in [-0.2, 0) is 15.1 Å². The molecule has 118 valence electrons. The van der Waals surface area contributed by atoms with Crippen molar-refractivity contribution in [3.05, 3.63) is 35.9 Å². The summed E-state index contributed by atoms with van der Waals surface area (Å²) in [6.07, 6.45) is 0.785. The van der Waals surface area contributed by atoms with Crippen LogP contribution in [0.4, 0.5) is 4.79 Å². The third-order valence-electron chi connectivity index (χ3n) is 3.95. The fourth-order valence-electron chi connectivity index (χ4n) is 2.37. The Morgan fingerprint density at radius 2 is 1.95 bits per heavy atom. The Morgan fingerprint density at radius 3 is 2.55 bits per heavy atom. The molecule has 1 aromatic rings. The van der Waals surface area contributed by atoms with Crippen molar-refractivity contribution >= 4 is 17.8 Å². The fraction of sp³-hybridized carbons (Fsp3) is 0.438. The van der Waals surface area contributed by atoms with Gasteiger partial charge in [0.25, 0.3) is 5.91 Å². The molecule has 0 aliphatic carbocycles. The van der Waals surface area contributed by atoms with E-state index in [1.165, 1.54) is 0 Å². The molecule has 0 radical (unpaired) electrons. The van der Waals surface area contributed by atoms with Crippen LogP contribution in [-0.4, -0.2) is 35.3 Å². The van der Waals surface area contributed by atoms with Crippen LogP contribution in [0, 0.1) is 0 Å². The van der Waals surface area contributed by atoms with Crippen LogP contribution >= 0.6 is 0 Å². The maximum atomic E-state index is 12.6. The molecule has 0 spiro atoms. The van der Waals surface area contributed by atoms with Gasteiger partial charge in [-0.2, -0.15) is 0 Å². The molecule has 6 heteroatoms. The fourth-order valence-corrected chi connectivity index (χ4v) is 2.37. The second kappa shape index (κ2) is 6.17. The first-order valence-corrected chi connectivity index (χ1v) is 7.37. The molecule has 0 bridgehead atoms. The van der Waals surface area contributed by atoms with Gasteiger partial charge in [-0.1, -0.05) is 37.3 Å². The molecule has 2 N–H and O–H groups in total. The molecule has 0 saturated carbocycles. The van der Waals surface area contributed by atoms with Gasteiger partial charge in [-0.25, -0.2) is 4.79 Å². The SMILES string of the molecule is CC[C@H](C)NC(=O)CN1C(=O)N[C@](C)(c2ccccc2)C1=O. The van der Waals surface area contributed by atoms with Gasteiger partial charge in [0.1, 0.15) is 12.1 Å². The van der Waals surface area contributed by atoms with E-state index in [2.05, 4.69) is 10.6 Å². The van der Waals surface area contributed by atoms with Gasteiger partial charge in [0.05, 0.1) is 0 Å². The van der Waals surface area contributed by atoms with Crippen molar-refractivity contribution in [3.63, 3.8) is 0 Å². The lowest BCUT2D eigenvalue weighted by atomic mass is 9.92.